The fraction of sp³-hybridized carbons (Fsp3) is 0.455. The Bertz CT molecular complexity index is 1130. The summed E-state index contributed by atoms with van der Waals surface area (Å²) in [4.78, 5) is 25.6. The number of piperazine rings is 1. The van der Waals surface area contributed by atoms with Crippen LogP contribution in [-0.2, 0) is 4.79 Å². The highest BCUT2D eigenvalue weighted by molar-refractivity contribution is 5.84. The first-order valence-corrected chi connectivity index (χ1v) is 10.6. The minimum absolute atomic E-state index is 0.0265. The van der Waals surface area contributed by atoms with Crippen LogP contribution < -0.4 is 4.90 Å². The summed E-state index contributed by atoms with van der Waals surface area (Å²) in [7, 11) is 0. The van der Waals surface area contributed by atoms with Crippen LogP contribution in [0.25, 0.3) is 16.8 Å². The molecule has 5 heterocycles. The van der Waals surface area contributed by atoms with Gasteiger partial charge in [0.2, 0.25) is 5.91 Å². The van der Waals surface area contributed by atoms with E-state index in [-0.39, 0.29) is 18.0 Å². The Morgan fingerprint density at radius 2 is 1.93 bits per heavy atom. The average molecular weight is 406 g/mol. The summed E-state index contributed by atoms with van der Waals surface area (Å²) in [5.74, 6) is -0.365. The van der Waals surface area contributed by atoms with Gasteiger partial charge in [-0.15, -0.1) is 0 Å². The number of amides is 1. The summed E-state index contributed by atoms with van der Waals surface area (Å²) in [6, 6.07) is 6.45. The van der Waals surface area contributed by atoms with E-state index in [0.717, 1.165) is 54.1 Å². The Hall–Kier alpha value is -3.03. The van der Waals surface area contributed by atoms with Gasteiger partial charge in [-0.05, 0) is 44.4 Å². The molecule has 3 aromatic heterocycles. The van der Waals surface area contributed by atoms with E-state index in [0.29, 0.717) is 6.42 Å². The first kappa shape index (κ1) is 17.8. The first-order chi connectivity index (χ1) is 14.6. The van der Waals surface area contributed by atoms with E-state index in [1.807, 2.05) is 40.9 Å². The van der Waals surface area contributed by atoms with Gasteiger partial charge in [0.1, 0.15) is 12.5 Å². The number of halogens is 1. The summed E-state index contributed by atoms with van der Waals surface area (Å²) in [6.07, 6.45) is 6.84. The summed E-state index contributed by atoms with van der Waals surface area (Å²) < 4.78 is 15.4. The fourth-order valence-corrected chi connectivity index (χ4v) is 5.09. The Balaban J connectivity index is 1.31. The van der Waals surface area contributed by atoms with E-state index < -0.39 is 12.1 Å². The highest BCUT2D eigenvalue weighted by atomic mass is 19.1. The molecule has 6 rings (SSSR count). The Labute approximate surface area is 173 Å². The molecule has 154 valence electrons. The molecule has 1 amide bonds. The van der Waals surface area contributed by atoms with Crippen molar-refractivity contribution in [1.29, 1.82) is 0 Å². The van der Waals surface area contributed by atoms with Gasteiger partial charge in [0.15, 0.2) is 0 Å². The standard InChI is InChI=1S/C22H23FN6O/c1-13-6-19(25-12-24-13)14-7-21-20(4-5-26-28(21)9-14)27-10-15-2-3-16(11-27)29(15)22(30)17-8-18(17)23/h4-7,9,12,15-18H,2-3,8,10-11H2,1H3/t15?,16?,17-,18-/m1/s1. The van der Waals surface area contributed by atoms with E-state index in [9.17, 15) is 9.18 Å². The van der Waals surface area contributed by atoms with Crippen LogP contribution in [0.4, 0.5) is 10.1 Å². The lowest BCUT2D eigenvalue weighted by Gasteiger charge is -2.42. The third kappa shape index (κ3) is 2.77. The number of alkyl halides is 1. The molecule has 7 nitrogen and oxygen atoms in total. The fourth-order valence-electron chi connectivity index (χ4n) is 5.09. The smallest absolute Gasteiger partial charge is 0.229 e. The maximum atomic E-state index is 13.5. The second-order valence-corrected chi connectivity index (χ2v) is 8.71. The predicted molar refractivity (Wildman–Crippen MR) is 110 cm³/mol. The summed E-state index contributed by atoms with van der Waals surface area (Å²) >= 11 is 0. The molecule has 1 saturated carbocycles. The molecule has 0 N–H and O–H groups in total. The average Bonchev–Trinajstić information content (AvgIpc) is 3.21. The van der Waals surface area contributed by atoms with Gasteiger partial charge in [0, 0.05) is 48.8 Å². The number of carbonyl (C=O) groups is 1. The Morgan fingerprint density at radius 1 is 1.17 bits per heavy atom. The largest absolute Gasteiger partial charge is 0.366 e. The second-order valence-electron chi connectivity index (χ2n) is 8.71. The van der Waals surface area contributed by atoms with Gasteiger partial charge < -0.3 is 9.80 Å². The number of aryl methyl sites for hydroxylation is 1. The SMILES string of the molecule is Cc1cc(-c2cc3c(N4CC5CCC(C4)N5C(=O)[C@@H]4C[C@H]4F)ccnn3c2)ncn1. The maximum absolute atomic E-state index is 13.5. The van der Waals surface area contributed by atoms with Crippen LogP contribution in [0.15, 0.2) is 36.9 Å². The number of rotatable bonds is 3. The second kappa shape index (κ2) is 6.48. The topological polar surface area (TPSA) is 66.6 Å². The monoisotopic (exact) mass is 406 g/mol. The van der Waals surface area contributed by atoms with Crippen molar-refractivity contribution in [3.8, 4) is 11.3 Å². The minimum atomic E-state index is -0.931. The van der Waals surface area contributed by atoms with E-state index in [2.05, 4.69) is 26.0 Å². The van der Waals surface area contributed by atoms with Crippen molar-refractivity contribution >= 4 is 17.1 Å². The zero-order valence-electron chi connectivity index (χ0n) is 16.8. The van der Waals surface area contributed by atoms with Gasteiger partial charge in [-0.1, -0.05) is 0 Å². The molecule has 2 unspecified atom stereocenters. The van der Waals surface area contributed by atoms with E-state index in [4.69, 9.17) is 0 Å². The number of hydrogen-bond acceptors (Lipinski definition) is 5. The van der Waals surface area contributed by atoms with Crippen molar-refractivity contribution in [3.05, 3.63) is 42.6 Å². The highest BCUT2D eigenvalue weighted by Crippen LogP contribution is 2.41. The van der Waals surface area contributed by atoms with Crippen LogP contribution in [0, 0.1) is 12.8 Å². The van der Waals surface area contributed by atoms with Crippen LogP contribution in [-0.4, -0.2) is 61.7 Å². The Kier molecular flexibility index (Phi) is 3.85. The van der Waals surface area contributed by atoms with Crippen molar-refractivity contribution in [2.75, 3.05) is 18.0 Å². The van der Waals surface area contributed by atoms with E-state index >= 15 is 0 Å². The molecular formula is C22H23FN6O. The van der Waals surface area contributed by atoms with Gasteiger partial charge in [0.25, 0.3) is 0 Å². The molecule has 0 radical (unpaired) electrons. The normalized spacial score (nSPS) is 27.7. The van der Waals surface area contributed by atoms with Gasteiger partial charge in [-0.3, -0.25) is 4.79 Å². The van der Waals surface area contributed by atoms with Crippen molar-refractivity contribution in [2.24, 2.45) is 5.92 Å². The van der Waals surface area contributed by atoms with Crippen molar-refractivity contribution in [2.45, 2.75) is 44.4 Å². The highest BCUT2D eigenvalue weighted by Gasteiger charge is 2.51. The third-order valence-electron chi connectivity index (χ3n) is 6.69. The van der Waals surface area contributed by atoms with Crippen LogP contribution in [0.5, 0.6) is 0 Å². The maximum Gasteiger partial charge on any atom is 0.229 e. The van der Waals surface area contributed by atoms with Crippen LogP contribution >= 0.6 is 0 Å². The molecule has 30 heavy (non-hydrogen) atoms. The molecule has 2 bridgehead atoms. The molecule has 2 saturated heterocycles. The summed E-state index contributed by atoms with van der Waals surface area (Å²) in [5, 5.41) is 4.48. The number of fused-ring (bicyclic) bond motifs is 3. The molecular weight excluding hydrogens is 383 g/mol. The van der Waals surface area contributed by atoms with Crippen molar-refractivity contribution < 1.29 is 9.18 Å². The molecule has 3 aromatic rings. The predicted octanol–water partition coefficient (Wildman–Crippen LogP) is 2.64. The molecule has 1 aliphatic carbocycles. The van der Waals surface area contributed by atoms with Crippen LogP contribution in [0.1, 0.15) is 25.0 Å². The number of nitrogens with zero attached hydrogens (tertiary/aromatic N) is 6. The molecule has 0 spiro atoms. The number of carbonyl (C=O) groups excluding carboxylic acids is 1. The summed E-state index contributed by atoms with van der Waals surface area (Å²) in [5.41, 5.74) is 4.93. The van der Waals surface area contributed by atoms with Crippen molar-refractivity contribution in [3.63, 3.8) is 0 Å². The molecule has 4 atom stereocenters. The van der Waals surface area contributed by atoms with E-state index in [1.165, 1.54) is 0 Å². The van der Waals surface area contributed by atoms with Gasteiger partial charge in [0.05, 0.1) is 22.8 Å². The molecule has 3 aliphatic rings. The third-order valence-corrected chi connectivity index (χ3v) is 6.69. The van der Waals surface area contributed by atoms with Gasteiger partial charge >= 0.3 is 0 Å². The van der Waals surface area contributed by atoms with Gasteiger partial charge in [-0.2, -0.15) is 5.10 Å². The Morgan fingerprint density at radius 3 is 2.63 bits per heavy atom. The molecule has 3 fully saturated rings. The lowest BCUT2D eigenvalue weighted by atomic mass is 10.1. The van der Waals surface area contributed by atoms with Crippen LogP contribution in [0.3, 0.4) is 0 Å². The van der Waals surface area contributed by atoms with Crippen LogP contribution in [0.2, 0.25) is 0 Å². The number of hydrogen-bond donors (Lipinski definition) is 0. The van der Waals surface area contributed by atoms with E-state index in [1.54, 1.807) is 6.33 Å². The first-order valence-electron chi connectivity index (χ1n) is 10.6. The number of anilines is 1. The lowest BCUT2D eigenvalue weighted by molar-refractivity contribution is -0.136. The summed E-state index contributed by atoms with van der Waals surface area (Å²) in [6.45, 7) is 3.51. The minimum Gasteiger partial charge on any atom is -0.366 e. The zero-order valence-corrected chi connectivity index (χ0v) is 16.8. The van der Waals surface area contributed by atoms with Gasteiger partial charge in [-0.25, -0.2) is 18.9 Å². The van der Waals surface area contributed by atoms with Crippen molar-refractivity contribution in [1.82, 2.24) is 24.5 Å². The molecule has 8 heteroatoms. The number of aromatic nitrogens is 4. The quantitative estimate of drug-likeness (QED) is 0.669. The zero-order chi connectivity index (χ0) is 20.4. The lowest BCUT2D eigenvalue weighted by Crippen LogP contribution is -2.56. The molecule has 2 aliphatic heterocycles. The molecule has 0 aromatic carbocycles.